The molecule has 80 valence electrons. The maximum absolute atomic E-state index is 11.1. The maximum atomic E-state index is 11.1. The van der Waals surface area contributed by atoms with E-state index in [1.807, 2.05) is 0 Å². The van der Waals surface area contributed by atoms with Crippen molar-refractivity contribution in [3.8, 4) is 0 Å². The van der Waals surface area contributed by atoms with E-state index in [0.29, 0.717) is 13.1 Å². The Morgan fingerprint density at radius 3 is 3.00 bits per heavy atom. The fourth-order valence-corrected chi connectivity index (χ4v) is 1.07. The Balaban J connectivity index is 2.36. The number of nitrogens with one attached hydrogen (secondary N) is 2. The second-order valence-electron chi connectivity index (χ2n) is 2.47. The topological polar surface area (TPSA) is 108 Å². The van der Waals surface area contributed by atoms with Crippen LogP contribution in [0, 0.1) is 0 Å². The van der Waals surface area contributed by atoms with Crippen LogP contribution in [0.1, 0.15) is 0 Å². The lowest BCUT2D eigenvalue weighted by Crippen LogP contribution is -2.50. The Morgan fingerprint density at radius 2 is 2.43 bits per heavy atom. The molecule has 1 fully saturated rings. The highest BCUT2D eigenvalue weighted by molar-refractivity contribution is 7.76. The van der Waals surface area contributed by atoms with Crippen LogP contribution >= 0.6 is 0 Å². The molecule has 0 radical (unpaired) electrons. The largest absolute Gasteiger partial charge is 0.430 e. The molecule has 1 unspecified atom stereocenters. The SMILES string of the molecule is O=C1CN(C(=O)ONS(=O)O)CCN1. The summed E-state index contributed by atoms with van der Waals surface area (Å²) in [6, 6.07) is 0. The number of piperazine rings is 1. The van der Waals surface area contributed by atoms with Crippen molar-refractivity contribution in [3.05, 3.63) is 0 Å². The molecule has 0 spiro atoms. The van der Waals surface area contributed by atoms with Crippen molar-refractivity contribution >= 4 is 23.3 Å². The van der Waals surface area contributed by atoms with Crippen molar-refractivity contribution in [3.63, 3.8) is 0 Å². The first-order chi connectivity index (χ1) is 6.59. The predicted octanol–water partition coefficient (Wildman–Crippen LogP) is -1.80. The minimum absolute atomic E-state index is 0.113. The van der Waals surface area contributed by atoms with Gasteiger partial charge in [-0.15, -0.1) is 0 Å². The van der Waals surface area contributed by atoms with Gasteiger partial charge in [-0.05, 0) is 4.89 Å². The van der Waals surface area contributed by atoms with Gasteiger partial charge in [-0.2, -0.15) is 0 Å². The van der Waals surface area contributed by atoms with E-state index >= 15 is 0 Å². The van der Waals surface area contributed by atoms with Gasteiger partial charge in [0, 0.05) is 13.1 Å². The highest BCUT2D eigenvalue weighted by Gasteiger charge is 2.22. The molecule has 0 aromatic rings. The van der Waals surface area contributed by atoms with Gasteiger partial charge >= 0.3 is 6.09 Å². The van der Waals surface area contributed by atoms with Crippen LogP contribution in [-0.2, 0) is 20.9 Å². The lowest BCUT2D eigenvalue weighted by Gasteiger charge is -2.24. The summed E-state index contributed by atoms with van der Waals surface area (Å²) >= 11 is -2.42. The third-order valence-electron chi connectivity index (χ3n) is 1.50. The molecule has 0 aromatic heterocycles. The summed E-state index contributed by atoms with van der Waals surface area (Å²) in [5.74, 6) is -0.293. The third kappa shape index (κ3) is 3.28. The van der Waals surface area contributed by atoms with Crippen molar-refractivity contribution in [1.29, 1.82) is 0 Å². The van der Waals surface area contributed by atoms with Gasteiger partial charge < -0.3 is 10.2 Å². The minimum Gasteiger partial charge on any atom is -0.353 e. The molecular formula is C5H9N3O5S. The molecule has 3 N–H and O–H groups in total. The lowest BCUT2D eigenvalue weighted by molar-refractivity contribution is -0.123. The van der Waals surface area contributed by atoms with Gasteiger partial charge in [0.2, 0.25) is 5.91 Å². The average Bonchev–Trinajstić information content (AvgIpc) is 2.14. The van der Waals surface area contributed by atoms with E-state index in [1.54, 1.807) is 4.89 Å². The number of hydrogen-bond donors (Lipinski definition) is 3. The average molecular weight is 223 g/mol. The number of rotatable bonds is 2. The molecule has 0 aromatic carbocycles. The molecule has 9 heteroatoms. The standard InChI is InChI=1S/C5H9N3O5S/c9-4-3-8(2-1-6-4)5(10)13-7-14(11)12/h7H,1-3H2,(H,6,9)(H,11,12). The highest BCUT2D eigenvalue weighted by Crippen LogP contribution is 1.95. The zero-order chi connectivity index (χ0) is 10.6. The Hall–Kier alpha value is -1.19. The van der Waals surface area contributed by atoms with Gasteiger partial charge in [0.05, 0.1) is 0 Å². The summed E-state index contributed by atoms with van der Waals surface area (Å²) in [6.07, 6.45) is -0.859. The van der Waals surface area contributed by atoms with Gasteiger partial charge in [-0.1, -0.05) is 0 Å². The Morgan fingerprint density at radius 1 is 1.71 bits per heavy atom. The van der Waals surface area contributed by atoms with E-state index in [4.69, 9.17) is 4.55 Å². The second-order valence-corrected chi connectivity index (χ2v) is 3.14. The number of carbonyl (C=O) groups is 2. The molecule has 2 amide bonds. The third-order valence-corrected chi connectivity index (χ3v) is 1.72. The predicted molar refractivity (Wildman–Crippen MR) is 45.0 cm³/mol. The van der Waals surface area contributed by atoms with E-state index in [9.17, 15) is 13.8 Å². The van der Waals surface area contributed by atoms with Crippen LogP contribution < -0.4 is 10.2 Å². The summed E-state index contributed by atoms with van der Waals surface area (Å²) in [7, 11) is 0. The van der Waals surface area contributed by atoms with Crippen molar-refractivity contribution in [2.24, 2.45) is 0 Å². The maximum Gasteiger partial charge on any atom is 0.430 e. The first kappa shape index (κ1) is 10.9. The van der Waals surface area contributed by atoms with Crippen LogP contribution in [0.3, 0.4) is 0 Å². The van der Waals surface area contributed by atoms with Gasteiger partial charge in [-0.3, -0.25) is 14.2 Å². The fourth-order valence-electron chi connectivity index (χ4n) is 0.930. The van der Waals surface area contributed by atoms with Gasteiger partial charge in [0.15, 0.2) is 0 Å². The normalized spacial score (nSPS) is 18.6. The summed E-state index contributed by atoms with van der Waals surface area (Å²) in [6.45, 7) is 0.541. The fraction of sp³-hybridized carbons (Fsp3) is 0.600. The van der Waals surface area contributed by atoms with Crippen molar-refractivity contribution < 1.29 is 23.2 Å². The van der Waals surface area contributed by atoms with Gasteiger partial charge in [-0.25, -0.2) is 9.00 Å². The summed E-state index contributed by atoms with van der Waals surface area (Å²) in [5.41, 5.74) is 0. The summed E-state index contributed by atoms with van der Waals surface area (Å²) < 4.78 is 18.3. The summed E-state index contributed by atoms with van der Waals surface area (Å²) in [5, 5.41) is 2.51. The molecule has 1 rings (SSSR count). The first-order valence-corrected chi connectivity index (χ1v) is 4.79. The Kier molecular flexibility index (Phi) is 3.80. The van der Waals surface area contributed by atoms with Crippen molar-refractivity contribution in [2.75, 3.05) is 19.6 Å². The number of hydrogen-bond acceptors (Lipinski definition) is 4. The molecule has 0 aliphatic carbocycles. The smallest absolute Gasteiger partial charge is 0.353 e. The Bertz CT molecular complexity index is 270. The van der Waals surface area contributed by atoms with Gasteiger partial charge in [0.1, 0.15) is 6.54 Å². The summed E-state index contributed by atoms with van der Waals surface area (Å²) in [4.78, 5) is 28.8. The highest BCUT2D eigenvalue weighted by atomic mass is 32.2. The monoisotopic (exact) mass is 223 g/mol. The molecule has 1 atom stereocenters. The van der Waals surface area contributed by atoms with Crippen LogP contribution in [0.5, 0.6) is 0 Å². The number of nitrogens with zero attached hydrogens (tertiary/aromatic N) is 1. The molecule has 0 saturated carbocycles. The number of amides is 2. The van der Waals surface area contributed by atoms with E-state index in [-0.39, 0.29) is 12.5 Å². The quantitative estimate of drug-likeness (QED) is 0.378. The van der Waals surface area contributed by atoms with Crippen LogP contribution in [0.4, 0.5) is 4.79 Å². The number of carbonyl (C=O) groups excluding carboxylic acids is 2. The van der Waals surface area contributed by atoms with E-state index < -0.39 is 17.4 Å². The van der Waals surface area contributed by atoms with Gasteiger partial charge in [0.25, 0.3) is 11.3 Å². The van der Waals surface area contributed by atoms with Crippen LogP contribution in [-0.4, -0.2) is 45.3 Å². The van der Waals surface area contributed by atoms with Crippen LogP contribution in [0.15, 0.2) is 0 Å². The first-order valence-electron chi connectivity index (χ1n) is 3.68. The Labute approximate surface area is 82.0 Å². The molecular weight excluding hydrogens is 214 g/mol. The zero-order valence-electron chi connectivity index (χ0n) is 7.06. The van der Waals surface area contributed by atoms with Crippen LogP contribution in [0.2, 0.25) is 0 Å². The lowest BCUT2D eigenvalue weighted by atomic mass is 10.4. The molecule has 0 bridgehead atoms. The molecule has 1 aliphatic heterocycles. The second kappa shape index (κ2) is 4.88. The van der Waals surface area contributed by atoms with Crippen molar-refractivity contribution in [2.45, 2.75) is 0 Å². The molecule has 1 aliphatic rings. The molecule has 1 saturated heterocycles. The zero-order valence-corrected chi connectivity index (χ0v) is 7.87. The van der Waals surface area contributed by atoms with Crippen LogP contribution in [0.25, 0.3) is 0 Å². The van der Waals surface area contributed by atoms with E-state index in [2.05, 4.69) is 10.2 Å². The van der Waals surface area contributed by atoms with Crippen molar-refractivity contribution in [1.82, 2.24) is 15.1 Å². The molecule has 1 heterocycles. The minimum atomic E-state index is -2.42. The van der Waals surface area contributed by atoms with E-state index in [1.165, 1.54) is 0 Å². The molecule has 8 nitrogen and oxygen atoms in total. The molecule has 14 heavy (non-hydrogen) atoms. The van der Waals surface area contributed by atoms with E-state index in [0.717, 1.165) is 4.90 Å².